The van der Waals surface area contributed by atoms with Crippen LogP contribution < -0.4 is 5.32 Å². The number of allylic oxidation sites excluding steroid dienone is 2. The third-order valence-corrected chi connectivity index (χ3v) is 3.09. The van der Waals surface area contributed by atoms with Gasteiger partial charge in [0.15, 0.2) is 5.57 Å². The van der Waals surface area contributed by atoms with Crippen molar-refractivity contribution in [3.63, 3.8) is 0 Å². The molecule has 1 N–H and O–H groups in total. The zero-order valence-corrected chi connectivity index (χ0v) is 13.4. The predicted octanol–water partition coefficient (Wildman–Crippen LogP) is 3.01. The van der Waals surface area contributed by atoms with Crippen LogP contribution in [0.1, 0.15) is 36.7 Å². The summed E-state index contributed by atoms with van der Waals surface area (Å²) in [5.74, 6) is -0.517. The highest BCUT2D eigenvalue weighted by Crippen LogP contribution is 2.31. The van der Waals surface area contributed by atoms with Crippen LogP contribution in [0.2, 0.25) is 0 Å². The molecule has 0 spiro atoms. The Bertz CT molecular complexity index is 765. The fourth-order valence-corrected chi connectivity index (χ4v) is 1.96. The molecule has 0 saturated heterocycles. The quantitative estimate of drug-likeness (QED) is 0.679. The van der Waals surface area contributed by atoms with E-state index in [9.17, 15) is 10.1 Å². The van der Waals surface area contributed by atoms with E-state index < -0.39 is 5.97 Å². The van der Waals surface area contributed by atoms with Gasteiger partial charge in [-0.25, -0.2) is 4.79 Å². The maximum atomic E-state index is 11.7. The number of rotatable bonds is 3. The first-order chi connectivity index (χ1) is 10.8. The Kier molecular flexibility index (Phi) is 5.49. The van der Waals surface area contributed by atoms with E-state index in [2.05, 4.69) is 10.1 Å². The summed E-state index contributed by atoms with van der Waals surface area (Å²) in [7, 11) is 1.27. The van der Waals surface area contributed by atoms with E-state index in [0.29, 0.717) is 11.3 Å². The van der Waals surface area contributed by atoms with Gasteiger partial charge in [-0.15, -0.1) is 0 Å². The Labute approximate surface area is 135 Å². The molecule has 0 fully saturated rings. The van der Waals surface area contributed by atoms with Crippen molar-refractivity contribution in [1.82, 2.24) is 0 Å². The Balaban J connectivity index is 3.52. The average Bonchev–Trinajstić information content (AvgIpc) is 2.52. The van der Waals surface area contributed by atoms with Crippen molar-refractivity contribution >= 4 is 11.7 Å². The molecule has 6 heteroatoms. The fourth-order valence-electron chi connectivity index (χ4n) is 1.96. The van der Waals surface area contributed by atoms with E-state index in [0.717, 1.165) is 5.56 Å². The van der Waals surface area contributed by atoms with Crippen molar-refractivity contribution in [2.75, 3.05) is 12.4 Å². The van der Waals surface area contributed by atoms with Crippen LogP contribution in [0.15, 0.2) is 29.5 Å². The number of benzene rings is 1. The van der Waals surface area contributed by atoms with E-state index in [4.69, 9.17) is 10.5 Å². The van der Waals surface area contributed by atoms with Gasteiger partial charge >= 0.3 is 5.97 Å². The number of carbonyl (C=O) groups excluding carboxylic acids is 1. The molecule has 116 valence electrons. The van der Waals surface area contributed by atoms with Gasteiger partial charge < -0.3 is 10.1 Å². The van der Waals surface area contributed by atoms with Gasteiger partial charge in [-0.2, -0.15) is 15.8 Å². The van der Waals surface area contributed by atoms with Crippen molar-refractivity contribution < 1.29 is 9.53 Å². The van der Waals surface area contributed by atoms with Crippen LogP contribution in [0.4, 0.5) is 5.69 Å². The molecule has 0 amide bonds. The summed E-state index contributed by atoms with van der Waals surface area (Å²) in [4.78, 5) is 11.7. The van der Waals surface area contributed by atoms with Crippen LogP contribution >= 0.6 is 0 Å². The van der Waals surface area contributed by atoms with Gasteiger partial charge in [0.1, 0.15) is 23.9 Å². The Morgan fingerprint density at radius 1 is 1.13 bits per heavy atom. The van der Waals surface area contributed by atoms with E-state index in [1.165, 1.54) is 13.2 Å². The zero-order valence-electron chi connectivity index (χ0n) is 13.4. The van der Waals surface area contributed by atoms with Gasteiger partial charge in [-0.1, -0.05) is 26.8 Å². The number of esters is 1. The van der Waals surface area contributed by atoms with Gasteiger partial charge in [-0.05, 0) is 23.1 Å². The molecule has 0 aliphatic rings. The highest BCUT2D eigenvalue weighted by Gasteiger charge is 2.21. The second kappa shape index (κ2) is 7.11. The summed E-state index contributed by atoms with van der Waals surface area (Å²) >= 11 is 0. The Morgan fingerprint density at radius 2 is 1.74 bits per heavy atom. The molecule has 0 aliphatic heterocycles. The maximum Gasteiger partial charge on any atom is 0.337 e. The molecule has 6 nitrogen and oxygen atoms in total. The van der Waals surface area contributed by atoms with Crippen molar-refractivity contribution in [2.24, 2.45) is 0 Å². The standard InChI is InChI=1S/C17H16N4O2/c1-17(2,3)13-6-5-11(16(22)23-4)7-14(13)21-15(10-20)12(8-18)9-19/h5-7,21H,1-4H3. The third kappa shape index (κ3) is 4.09. The average molecular weight is 308 g/mol. The van der Waals surface area contributed by atoms with E-state index >= 15 is 0 Å². The lowest BCUT2D eigenvalue weighted by Gasteiger charge is -2.24. The van der Waals surface area contributed by atoms with E-state index in [-0.39, 0.29) is 16.7 Å². The minimum absolute atomic E-state index is 0.164. The molecule has 0 aromatic heterocycles. The second-order valence-corrected chi connectivity index (χ2v) is 5.71. The van der Waals surface area contributed by atoms with Gasteiger partial charge in [0.2, 0.25) is 0 Å². The largest absolute Gasteiger partial charge is 0.465 e. The number of nitrogens with zero attached hydrogens (tertiary/aromatic N) is 3. The Morgan fingerprint density at radius 3 is 2.17 bits per heavy atom. The van der Waals surface area contributed by atoms with Crippen molar-refractivity contribution in [3.8, 4) is 18.2 Å². The number of ether oxygens (including phenoxy) is 1. The molecule has 0 radical (unpaired) electrons. The molecule has 0 saturated carbocycles. The third-order valence-electron chi connectivity index (χ3n) is 3.09. The molecule has 1 aromatic rings. The number of methoxy groups -OCH3 is 1. The highest BCUT2D eigenvalue weighted by atomic mass is 16.5. The highest BCUT2D eigenvalue weighted by molar-refractivity contribution is 5.91. The topological polar surface area (TPSA) is 110 Å². The fraction of sp³-hybridized carbons (Fsp3) is 0.294. The second-order valence-electron chi connectivity index (χ2n) is 5.71. The van der Waals surface area contributed by atoms with Crippen LogP contribution in [0, 0.1) is 34.0 Å². The molecule has 0 unspecified atom stereocenters. The monoisotopic (exact) mass is 308 g/mol. The van der Waals surface area contributed by atoms with Crippen molar-refractivity contribution in [2.45, 2.75) is 26.2 Å². The van der Waals surface area contributed by atoms with Crippen LogP contribution in [-0.4, -0.2) is 13.1 Å². The summed E-state index contributed by atoms with van der Waals surface area (Å²) in [5.41, 5.74) is 0.832. The van der Waals surface area contributed by atoms with Crippen LogP contribution in [0.3, 0.4) is 0 Å². The predicted molar refractivity (Wildman–Crippen MR) is 84.0 cm³/mol. The first kappa shape index (κ1) is 17.8. The lowest BCUT2D eigenvalue weighted by atomic mass is 9.85. The maximum absolute atomic E-state index is 11.7. The molecule has 0 heterocycles. The Hall–Kier alpha value is -3.30. The first-order valence-corrected chi connectivity index (χ1v) is 6.73. The lowest BCUT2D eigenvalue weighted by molar-refractivity contribution is 0.0600. The van der Waals surface area contributed by atoms with E-state index in [1.807, 2.05) is 20.8 Å². The molecular weight excluding hydrogens is 292 g/mol. The van der Waals surface area contributed by atoms with Gasteiger partial charge in [0, 0.05) is 5.69 Å². The molecule has 1 aromatic carbocycles. The SMILES string of the molecule is COC(=O)c1ccc(C(C)(C)C)c(NC(C#N)=C(C#N)C#N)c1. The number of nitrogens with one attached hydrogen (secondary N) is 1. The van der Waals surface area contributed by atoms with Crippen LogP contribution in [-0.2, 0) is 10.2 Å². The number of carbonyl (C=O) groups is 1. The summed E-state index contributed by atoms with van der Waals surface area (Å²) < 4.78 is 4.69. The van der Waals surface area contributed by atoms with Crippen molar-refractivity contribution in [1.29, 1.82) is 15.8 Å². The summed E-state index contributed by atoms with van der Waals surface area (Å²) in [6.45, 7) is 5.91. The number of hydrogen-bond acceptors (Lipinski definition) is 6. The minimum Gasteiger partial charge on any atom is -0.465 e. The van der Waals surface area contributed by atoms with Crippen molar-refractivity contribution in [3.05, 3.63) is 40.6 Å². The van der Waals surface area contributed by atoms with Gasteiger partial charge in [-0.3, -0.25) is 0 Å². The zero-order chi connectivity index (χ0) is 17.6. The molecule has 0 atom stereocenters. The van der Waals surface area contributed by atoms with Gasteiger partial charge in [0.25, 0.3) is 0 Å². The first-order valence-electron chi connectivity index (χ1n) is 6.73. The normalized spacial score (nSPS) is 9.78. The number of nitriles is 3. The lowest BCUT2D eigenvalue weighted by Crippen LogP contribution is -2.16. The molecule has 23 heavy (non-hydrogen) atoms. The number of hydrogen-bond donors (Lipinski definition) is 1. The smallest absolute Gasteiger partial charge is 0.337 e. The molecule has 0 bridgehead atoms. The minimum atomic E-state index is -0.517. The molecule has 0 aliphatic carbocycles. The van der Waals surface area contributed by atoms with Crippen LogP contribution in [0.25, 0.3) is 0 Å². The van der Waals surface area contributed by atoms with E-state index in [1.54, 1.807) is 30.3 Å². The van der Waals surface area contributed by atoms with Crippen LogP contribution in [0.5, 0.6) is 0 Å². The summed E-state index contributed by atoms with van der Waals surface area (Å²) in [6.07, 6.45) is 0. The molecular formula is C17H16N4O2. The summed E-state index contributed by atoms with van der Waals surface area (Å²) in [5, 5.41) is 29.8. The molecule has 1 rings (SSSR count). The van der Waals surface area contributed by atoms with Gasteiger partial charge in [0.05, 0.1) is 12.7 Å². The number of anilines is 1. The summed E-state index contributed by atoms with van der Waals surface area (Å²) in [6, 6.07) is 10.1.